The third-order valence-electron chi connectivity index (χ3n) is 5.57. The van der Waals surface area contributed by atoms with Crippen molar-refractivity contribution in [3.63, 3.8) is 0 Å². The maximum absolute atomic E-state index is 10.1. The summed E-state index contributed by atoms with van der Waals surface area (Å²) in [4.78, 5) is 3.56. The molecule has 0 amide bonds. The fourth-order valence-electron chi connectivity index (χ4n) is 4.08. The van der Waals surface area contributed by atoms with Crippen LogP contribution >= 0.6 is 0 Å². The molecule has 0 saturated carbocycles. The van der Waals surface area contributed by atoms with Gasteiger partial charge in [-0.25, -0.2) is 0 Å². The van der Waals surface area contributed by atoms with Gasteiger partial charge in [0, 0.05) is 36.0 Å². The average molecular weight is 408 g/mol. The highest BCUT2D eigenvalue weighted by atomic mass is 16.8. The molecule has 0 fully saturated rings. The molecule has 1 aliphatic rings. The van der Waals surface area contributed by atoms with Gasteiger partial charge < -0.3 is 30.0 Å². The first kappa shape index (κ1) is 20.3. The van der Waals surface area contributed by atoms with Crippen molar-refractivity contribution < 1.29 is 19.7 Å². The minimum Gasteiger partial charge on any atom is -0.513 e. The van der Waals surface area contributed by atoms with Crippen LogP contribution in [-0.4, -0.2) is 27.2 Å². The fourth-order valence-corrected chi connectivity index (χ4v) is 4.08. The summed E-state index contributed by atoms with van der Waals surface area (Å²) in [5, 5.41) is 24.7. The number of aromatic nitrogens is 1. The predicted octanol–water partition coefficient (Wildman–Crippen LogP) is 4.83. The summed E-state index contributed by atoms with van der Waals surface area (Å²) in [6.07, 6.45) is 1.29. The molecule has 4 N–H and O–H groups in total. The van der Waals surface area contributed by atoms with E-state index >= 15 is 0 Å². The first-order valence-corrected chi connectivity index (χ1v) is 10.2. The largest absolute Gasteiger partial charge is 0.513 e. The number of hydrogen-bond donors (Lipinski definition) is 4. The van der Waals surface area contributed by atoms with Crippen molar-refractivity contribution in [1.29, 1.82) is 0 Å². The van der Waals surface area contributed by atoms with Gasteiger partial charge in [-0.05, 0) is 42.7 Å². The monoisotopic (exact) mass is 408 g/mol. The van der Waals surface area contributed by atoms with Crippen molar-refractivity contribution in [2.24, 2.45) is 0 Å². The van der Waals surface area contributed by atoms with Crippen molar-refractivity contribution in [1.82, 2.24) is 10.3 Å². The molecule has 4 rings (SSSR count). The van der Waals surface area contributed by atoms with Crippen LogP contribution in [0.4, 0.5) is 0 Å². The van der Waals surface area contributed by atoms with E-state index in [0.29, 0.717) is 17.9 Å². The van der Waals surface area contributed by atoms with Crippen LogP contribution in [0.1, 0.15) is 49.6 Å². The first-order valence-electron chi connectivity index (χ1n) is 10.2. The van der Waals surface area contributed by atoms with Gasteiger partial charge in [0.25, 0.3) is 0 Å². The number of hydrogen-bond acceptors (Lipinski definition) is 5. The molecule has 1 aromatic heterocycles. The fraction of sp³-hybridized carbons (Fsp3) is 0.333. The molecule has 0 spiro atoms. The van der Waals surface area contributed by atoms with Crippen LogP contribution in [0, 0.1) is 6.92 Å². The maximum Gasteiger partial charge on any atom is 0.366 e. The van der Waals surface area contributed by atoms with Gasteiger partial charge in [0.15, 0.2) is 11.5 Å². The minimum atomic E-state index is -1.67. The Balaban J connectivity index is 1.78. The molecule has 1 aliphatic heterocycles. The Kier molecular flexibility index (Phi) is 5.22. The zero-order valence-corrected chi connectivity index (χ0v) is 17.5. The Morgan fingerprint density at radius 1 is 1.20 bits per heavy atom. The van der Waals surface area contributed by atoms with Gasteiger partial charge in [0.2, 0.25) is 0 Å². The average Bonchev–Trinajstić information content (AvgIpc) is 3.19. The van der Waals surface area contributed by atoms with Gasteiger partial charge in [-0.1, -0.05) is 37.8 Å². The standard InChI is InChI=1S/C24H28N2O4/c1-5-17(12-14(2)27)25-23(22-15(3)18-8-6-7-9-19(18)26-22)16-10-11-20-21(13-16)30-24(4,28)29-20/h6-11,13,17,23,25-28H,2,5,12H2,1,3-4H3/t17?,23-,24?/m1/s1. The molecule has 2 heterocycles. The Morgan fingerprint density at radius 3 is 2.63 bits per heavy atom. The lowest BCUT2D eigenvalue weighted by Crippen LogP contribution is -2.34. The van der Waals surface area contributed by atoms with Gasteiger partial charge in [-0.15, -0.1) is 0 Å². The van der Waals surface area contributed by atoms with Crippen LogP contribution in [-0.2, 0) is 0 Å². The molecule has 2 aromatic carbocycles. The second-order valence-electron chi connectivity index (χ2n) is 7.99. The molecule has 6 nitrogen and oxygen atoms in total. The summed E-state index contributed by atoms with van der Waals surface area (Å²) >= 11 is 0. The molecule has 6 heteroatoms. The van der Waals surface area contributed by atoms with Gasteiger partial charge in [-0.2, -0.15) is 0 Å². The van der Waals surface area contributed by atoms with E-state index in [1.165, 1.54) is 12.3 Å². The SMILES string of the molecule is C=C(O)CC(CC)N[C@H](c1ccc2c(c1)OC(C)(O)O2)c1[nH]c2ccccc2c1C. The number of rotatable bonds is 7. The third-order valence-corrected chi connectivity index (χ3v) is 5.57. The number of benzene rings is 2. The Bertz CT molecular complexity index is 1090. The zero-order valence-electron chi connectivity index (χ0n) is 17.5. The Hall–Kier alpha value is -2.96. The summed E-state index contributed by atoms with van der Waals surface area (Å²) in [5.41, 5.74) is 4.24. The highest BCUT2D eigenvalue weighted by molar-refractivity contribution is 5.84. The molecule has 0 radical (unpaired) electrons. The maximum atomic E-state index is 10.1. The number of aliphatic hydroxyl groups is 2. The van der Waals surface area contributed by atoms with Crippen LogP contribution in [0.2, 0.25) is 0 Å². The lowest BCUT2D eigenvalue weighted by molar-refractivity contribution is -0.234. The lowest BCUT2D eigenvalue weighted by Gasteiger charge is -2.26. The van der Waals surface area contributed by atoms with Gasteiger partial charge in [0.1, 0.15) is 0 Å². The van der Waals surface area contributed by atoms with E-state index in [1.54, 1.807) is 0 Å². The van der Waals surface area contributed by atoms with Crippen LogP contribution in [0.25, 0.3) is 10.9 Å². The number of aryl methyl sites for hydroxylation is 1. The van der Waals surface area contributed by atoms with E-state index in [-0.39, 0.29) is 17.8 Å². The number of nitrogens with one attached hydrogen (secondary N) is 2. The molecule has 0 saturated heterocycles. The van der Waals surface area contributed by atoms with Crippen molar-refractivity contribution in [3.05, 3.63) is 71.6 Å². The molecular weight excluding hydrogens is 380 g/mol. The lowest BCUT2D eigenvalue weighted by atomic mass is 9.97. The van der Waals surface area contributed by atoms with E-state index in [4.69, 9.17) is 9.47 Å². The topological polar surface area (TPSA) is 86.7 Å². The number of para-hydroxylation sites is 1. The molecule has 0 bridgehead atoms. The van der Waals surface area contributed by atoms with Gasteiger partial charge >= 0.3 is 5.97 Å². The van der Waals surface area contributed by atoms with E-state index in [0.717, 1.165) is 28.8 Å². The van der Waals surface area contributed by atoms with E-state index in [1.807, 2.05) is 30.3 Å². The van der Waals surface area contributed by atoms with Crippen molar-refractivity contribution >= 4 is 10.9 Å². The van der Waals surface area contributed by atoms with Crippen LogP contribution < -0.4 is 14.8 Å². The Morgan fingerprint density at radius 2 is 1.93 bits per heavy atom. The van der Waals surface area contributed by atoms with Crippen LogP contribution in [0.5, 0.6) is 11.5 Å². The number of ether oxygens (including phenoxy) is 2. The number of aliphatic hydroxyl groups excluding tert-OH is 1. The highest BCUT2D eigenvalue weighted by Crippen LogP contribution is 2.41. The molecular formula is C24H28N2O4. The summed E-state index contributed by atoms with van der Waals surface area (Å²) in [6.45, 7) is 9.30. The van der Waals surface area contributed by atoms with E-state index < -0.39 is 5.97 Å². The first-order chi connectivity index (χ1) is 14.3. The van der Waals surface area contributed by atoms with E-state index in [2.05, 4.69) is 42.9 Å². The Labute approximate surface area is 176 Å². The van der Waals surface area contributed by atoms with E-state index in [9.17, 15) is 10.2 Å². The summed E-state index contributed by atoms with van der Waals surface area (Å²) < 4.78 is 11.0. The molecule has 3 atom stereocenters. The number of aromatic amines is 1. The van der Waals surface area contributed by atoms with Crippen molar-refractivity contribution in [2.45, 2.75) is 51.7 Å². The van der Waals surface area contributed by atoms with Gasteiger partial charge in [0.05, 0.1) is 11.8 Å². The molecule has 158 valence electrons. The summed E-state index contributed by atoms with van der Waals surface area (Å²) in [7, 11) is 0. The molecule has 2 unspecified atom stereocenters. The second-order valence-corrected chi connectivity index (χ2v) is 7.99. The normalized spacial score (nSPS) is 19.7. The highest BCUT2D eigenvalue weighted by Gasteiger charge is 2.35. The van der Waals surface area contributed by atoms with Gasteiger partial charge in [-0.3, -0.25) is 0 Å². The van der Waals surface area contributed by atoms with Crippen LogP contribution in [0.3, 0.4) is 0 Å². The predicted molar refractivity (Wildman–Crippen MR) is 117 cm³/mol. The minimum absolute atomic E-state index is 0.0341. The van der Waals surface area contributed by atoms with Crippen LogP contribution in [0.15, 0.2) is 54.8 Å². The summed E-state index contributed by atoms with van der Waals surface area (Å²) in [5.74, 6) is -0.505. The molecule has 30 heavy (non-hydrogen) atoms. The molecule has 0 aliphatic carbocycles. The molecule has 3 aromatic rings. The smallest absolute Gasteiger partial charge is 0.366 e. The summed E-state index contributed by atoms with van der Waals surface area (Å²) in [6, 6.07) is 13.7. The zero-order chi connectivity index (χ0) is 21.5. The quantitative estimate of drug-likeness (QED) is 0.421. The van der Waals surface area contributed by atoms with Crippen molar-refractivity contribution in [3.8, 4) is 11.5 Å². The van der Waals surface area contributed by atoms with Crippen molar-refractivity contribution in [2.75, 3.05) is 0 Å². The second kappa shape index (κ2) is 7.70. The number of H-pyrrole nitrogens is 1. The third kappa shape index (κ3) is 3.88. The number of fused-ring (bicyclic) bond motifs is 2.